The van der Waals surface area contributed by atoms with Gasteiger partial charge in [0.15, 0.2) is 0 Å². The lowest BCUT2D eigenvalue weighted by Crippen LogP contribution is -2.40. The fourth-order valence-corrected chi connectivity index (χ4v) is 0.139. The maximum Gasteiger partial charge on any atom is 0.0675 e. The molecule has 0 unspecified atom stereocenters. The molecule has 0 aromatic rings. The van der Waals surface area contributed by atoms with Gasteiger partial charge < -0.3 is 5.11 Å². The Hall–Kier alpha value is -0.120. The zero-order valence-corrected chi connectivity index (χ0v) is 4.68. The van der Waals surface area contributed by atoms with E-state index in [1.54, 1.807) is 6.92 Å². The van der Waals surface area contributed by atoms with Crippen molar-refractivity contribution in [2.45, 2.75) is 26.0 Å². The van der Waals surface area contributed by atoms with Gasteiger partial charge >= 0.3 is 0 Å². The maximum atomic E-state index is 8.68. The van der Waals surface area contributed by atoms with Crippen molar-refractivity contribution in [3.8, 4) is 0 Å². The summed E-state index contributed by atoms with van der Waals surface area (Å²) in [6.45, 7) is 3.50. The van der Waals surface area contributed by atoms with Crippen LogP contribution in [0.5, 0.6) is 0 Å². The monoisotopic (exact) mass is 104 g/mol. The molecule has 0 aromatic heterocycles. The molecular weight excluding hydrogens is 92.1 g/mol. The van der Waals surface area contributed by atoms with Crippen LogP contribution in [0.25, 0.3) is 0 Å². The van der Waals surface area contributed by atoms with Crippen LogP contribution in [0.2, 0.25) is 0 Å². The predicted octanol–water partition coefficient (Wildman–Crippen LogP) is -0.781. The highest BCUT2D eigenvalue weighted by molar-refractivity contribution is 4.60. The van der Waals surface area contributed by atoms with E-state index in [-0.39, 0.29) is 12.1 Å². The molecule has 0 aromatic carbocycles. The minimum Gasteiger partial charge on any atom is -0.392 e. The lowest BCUT2D eigenvalue weighted by atomic mass is 10.2. The highest BCUT2D eigenvalue weighted by atomic mass is 16.3. The molecule has 0 heterocycles. The average Bonchev–Trinajstić information content (AvgIpc) is 1.65. The first kappa shape index (κ1) is 6.88. The van der Waals surface area contributed by atoms with E-state index in [1.807, 2.05) is 6.92 Å². The lowest BCUT2D eigenvalue weighted by molar-refractivity contribution is 0.153. The van der Waals surface area contributed by atoms with Gasteiger partial charge in [0.2, 0.25) is 0 Å². The number of hydrogen-bond acceptors (Lipinski definition) is 3. The van der Waals surface area contributed by atoms with Crippen LogP contribution < -0.4 is 11.3 Å². The standard InChI is InChI=1S/C4H12N2O/c1-3(6-5)4(2)7/h3-4,6-7H,5H2,1-2H3/t3-,4+/m0/s1. The van der Waals surface area contributed by atoms with Gasteiger partial charge in [-0.05, 0) is 13.8 Å². The van der Waals surface area contributed by atoms with E-state index in [9.17, 15) is 0 Å². The van der Waals surface area contributed by atoms with Gasteiger partial charge in [-0.25, -0.2) is 0 Å². The van der Waals surface area contributed by atoms with Gasteiger partial charge in [0.05, 0.1) is 6.10 Å². The first-order valence-corrected chi connectivity index (χ1v) is 2.32. The van der Waals surface area contributed by atoms with E-state index < -0.39 is 0 Å². The summed E-state index contributed by atoms with van der Waals surface area (Å²) < 4.78 is 0. The van der Waals surface area contributed by atoms with Crippen molar-refractivity contribution in [3.05, 3.63) is 0 Å². The second kappa shape index (κ2) is 2.96. The summed E-state index contributed by atoms with van der Waals surface area (Å²) in [4.78, 5) is 0. The lowest BCUT2D eigenvalue weighted by Gasteiger charge is -2.11. The number of hydrogen-bond donors (Lipinski definition) is 3. The quantitative estimate of drug-likeness (QED) is 0.318. The largest absolute Gasteiger partial charge is 0.392 e. The van der Waals surface area contributed by atoms with Gasteiger partial charge in [-0.2, -0.15) is 0 Å². The van der Waals surface area contributed by atoms with Gasteiger partial charge in [-0.15, -0.1) is 0 Å². The number of hydrazine groups is 1. The molecule has 0 spiro atoms. The van der Waals surface area contributed by atoms with Crippen LogP contribution >= 0.6 is 0 Å². The molecule has 0 rings (SSSR count). The zero-order chi connectivity index (χ0) is 5.86. The molecule has 7 heavy (non-hydrogen) atoms. The normalized spacial score (nSPS) is 18.9. The highest BCUT2D eigenvalue weighted by Crippen LogP contribution is 1.85. The molecule has 0 radical (unpaired) electrons. The summed E-state index contributed by atoms with van der Waals surface area (Å²) in [5.41, 5.74) is 2.41. The van der Waals surface area contributed by atoms with E-state index >= 15 is 0 Å². The summed E-state index contributed by atoms with van der Waals surface area (Å²) in [7, 11) is 0. The Kier molecular flexibility index (Phi) is 2.91. The van der Waals surface area contributed by atoms with Crippen LogP contribution in [0.4, 0.5) is 0 Å². The van der Waals surface area contributed by atoms with E-state index in [4.69, 9.17) is 10.9 Å². The minimum absolute atomic E-state index is 0.0139. The molecule has 0 aliphatic rings. The molecule has 3 nitrogen and oxygen atoms in total. The molecule has 0 fully saturated rings. The SMILES string of the molecule is C[C@H](NN)[C@@H](C)O. The molecule has 3 heteroatoms. The number of aliphatic hydroxyl groups is 1. The molecule has 0 amide bonds. The topological polar surface area (TPSA) is 58.3 Å². The third-order valence-electron chi connectivity index (χ3n) is 0.986. The Labute approximate surface area is 43.5 Å². The molecule has 2 atom stereocenters. The second-order valence-electron chi connectivity index (χ2n) is 1.70. The van der Waals surface area contributed by atoms with Crippen LogP contribution in [-0.2, 0) is 0 Å². The van der Waals surface area contributed by atoms with Gasteiger partial charge in [0.1, 0.15) is 0 Å². The first-order chi connectivity index (χ1) is 3.18. The highest BCUT2D eigenvalue weighted by Gasteiger charge is 2.02. The van der Waals surface area contributed by atoms with Gasteiger partial charge in [0.25, 0.3) is 0 Å². The zero-order valence-electron chi connectivity index (χ0n) is 4.68. The second-order valence-corrected chi connectivity index (χ2v) is 1.70. The Bertz CT molecular complexity index is 47.0. The molecule has 0 bridgehead atoms. The van der Waals surface area contributed by atoms with E-state index in [0.717, 1.165) is 0 Å². The molecule has 44 valence electrons. The van der Waals surface area contributed by atoms with Crippen molar-refractivity contribution in [1.82, 2.24) is 5.43 Å². The molecule has 4 N–H and O–H groups in total. The smallest absolute Gasteiger partial charge is 0.0675 e. The van der Waals surface area contributed by atoms with Crippen LogP contribution in [0.3, 0.4) is 0 Å². The summed E-state index contributed by atoms with van der Waals surface area (Å²) in [6.07, 6.45) is -0.370. The molecule has 0 saturated heterocycles. The van der Waals surface area contributed by atoms with Gasteiger partial charge in [-0.3, -0.25) is 11.3 Å². The van der Waals surface area contributed by atoms with Crippen LogP contribution in [0.1, 0.15) is 13.8 Å². The Morgan fingerprint density at radius 2 is 2.00 bits per heavy atom. The van der Waals surface area contributed by atoms with Crippen molar-refractivity contribution in [2.75, 3.05) is 0 Å². The summed E-state index contributed by atoms with van der Waals surface area (Å²) in [5, 5.41) is 8.68. The fraction of sp³-hybridized carbons (Fsp3) is 1.00. The van der Waals surface area contributed by atoms with E-state index in [1.165, 1.54) is 0 Å². The summed E-state index contributed by atoms with van der Waals surface area (Å²) in [5.74, 6) is 4.96. The Morgan fingerprint density at radius 1 is 1.57 bits per heavy atom. The van der Waals surface area contributed by atoms with Crippen molar-refractivity contribution >= 4 is 0 Å². The molecule has 0 aliphatic carbocycles. The van der Waals surface area contributed by atoms with Crippen molar-refractivity contribution in [3.63, 3.8) is 0 Å². The maximum absolute atomic E-state index is 8.68. The summed E-state index contributed by atoms with van der Waals surface area (Å²) >= 11 is 0. The Morgan fingerprint density at radius 3 is 2.00 bits per heavy atom. The van der Waals surface area contributed by atoms with Crippen LogP contribution in [0.15, 0.2) is 0 Å². The third kappa shape index (κ3) is 2.56. The van der Waals surface area contributed by atoms with Gasteiger partial charge in [-0.1, -0.05) is 0 Å². The molecular formula is C4H12N2O. The minimum atomic E-state index is -0.370. The van der Waals surface area contributed by atoms with Crippen LogP contribution in [-0.4, -0.2) is 17.3 Å². The number of nitrogens with two attached hydrogens (primary N) is 1. The van der Waals surface area contributed by atoms with E-state index in [2.05, 4.69) is 5.43 Å². The number of rotatable bonds is 2. The van der Waals surface area contributed by atoms with Crippen LogP contribution in [0, 0.1) is 0 Å². The van der Waals surface area contributed by atoms with Crippen molar-refractivity contribution in [2.24, 2.45) is 5.84 Å². The number of aliphatic hydroxyl groups excluding tert-OH is 1. The first-order valence-electron chi connectivity index (χ1n) is 2.32. The Balaban J connectivity index is 3.14. The fourth-order valence-electron chi connectivity index (χ4n) is 0.139. The van der Waals surface area contributed by atoms with Crippen molar-refractivity contribution in [1.29, 1.82) is 0 Å². The van der Waals surface area contributed by atoms with Crippen molar-refractivity contribution < 1.29 is 5.11 Å². The molecule has 0 saturated carbocycles. The third-order valence-corrected chi connectivity index (χ3v) is 0.986. The number of nitrogens with one attached hydrogen (secondary N) is 1. The van der Waals surface area contributed by atoms with E-state index in [0.29, 0.717) is 0 Å². The average molecular weight is 104 g/mol. The summed E-state index contributed by atoms with van der Waals surface area (Å²) in [6, 6.07) is -0.0139. The molecule has 0 aliphatic heterocycles. The van der Waals surface area contributed by atoms with Gasteiger partial charge in [0, 0.05) is 6.04 Å². The predicted molar refractivity (Wildman–Crippen MR) is 28.5 cm³/mol.